The first-order chi connectivity index (χ1) is 11.5. The second-order valence-corrected chi connectivity index (χ2v) is 6.10. The van der Waals surface area contributed by atoms with E-state index in [1.807, 2.05) is 0 Å². The lowest BCUT2D eigenvalue weighted by Crippen LogP contribution is -2.11. The highest BCUT2D eigenvalue weighted by Crippen LogP contribution is 2.12. The highest BCUT2D eigenvalue weighted by atomic mass is 16.3. The highest BCUT2D eigenvalue weighted by molar-refractivity contribution is 6.19. The van der Waals surface area contributed by atoms with Crippen molar-refractivity contribution in [2.24, 2.45) is 0 Å². The molecule has 0 aliphatic rings. The maximum Gasteiger partial charge on any atom is 0.165 e. The first-order valence-corrected chi connectivity index (χ1v) is 9.52. The predicted octanol–water partition coefficient (Wildman–Crippen LogP) is 4.37. The smallest absolute Gasteiger partial charge is 0.165 e. The normalized spacial score (nSPS) is 10.0. The molecule has 0 fully saturated rings. The average Bonchev–Trinajstić information content (AvgIpc) is 2.60. The molecule has 0 rings (SSSR count). The predicted molar refractivity (Wildman–Crippen MR) is 100 cm³/mol. The highest BCUT2D eigenvalue weighted by Gasteiger charge is 2.14. The summed E-state index contributed by atoms with van der Waals surface area (Å²) in [5.41, 5.74) is 0.232. The molecule has 0 aliphatic carbocycles. The van der Waals surface area contributed by atoms with E-state index in [0.717, 1.165) is 25.7 Å². The minimum Gasteiger partial charge on any atom is -0.394 e. The summed E-state index contributed by atoms with van der Waals surface area (Å²) in [7, 11) is 0. The van der Waals surface area contributed by atoms with Gasteiger partial charge in [-0.1, -0.05) is 71.8 Å². The number of hydrogen-bond donors (Lipinski definition) is 2. The van der Waals surface area contributed by atoms with Crippen molar-refractivity contribution >= 4 is 11.6 Å². The van der Waals surface area contributed by atoms with Gasteiger partial charge < -0.3 is 10.2 Å². The van der Waals surface area contributed by atoms with Gasteiger partial charge in [0.25, 0.3) is 0 Å². The fourth-order valence-corrected chi connectivity index (χ4v) is 2.24. The molecule has 0 unspecified atom stereocenters. The van der Waals surface area contributed by atoms with E-state index in [9.17, 15) is 9.59 Å². The van der Waals surface area contributed by atoms with Crippen LogP contribution in [0.25, 0.3) is 0 Å². The summed E-state index contributed by atoms with van der Waals surface area (Å²) < 4.78 is 0. The Morgan fingerprint density at radius 2 is 1.00 bits per heavy atom. The zero-order valence-electron chi connectivity index (χ0n) is 15.8. The summed E-state index contributed by atoms with van der Waals surface area (Å²) in [6.07, 6.45) is 12.2. The Bertz CT molecular complexity index is 294. The molecule has 0 aromatic carbocycles. The molecule has 0 aromatic heterocycles. The number of unbranched alkanes of at least 4 members (excludes halogenated alkanes) is 8. The largest absolute Gasteiger partial charge is 0.394 e. The number of ketones is 2. The number of Topliss-reactive ketones (excluding diaryl/α,β-unsaturated/α-hetero) is 2. The van der Waals surface area contributed by atoms with Gasteiger partial charge >= 0.3 is 0 Å². The standard InChI is InChI=1S/C18H32O2.C2H6O2/c1-4-6-8-10-12-14-17(19)16(3)18(20)15-13-11-9-7-5-2;3-1-2-4/h3-15H2,1-2H3;3-4H,1-2H2. The molecule has 0 spiro atoms. The second kappa shape index (κ2) is 20.0. The molecular weight excluding hydrogens is 304 g/mol. The number of carbonyl (C=O) groups excluding carboxylic acids is 2. The van der Waals surface area contributed by atoms with Crippen LogP contribution in [-0.4, -0.2) is 35.0 Å². The molecule has 0 atom stereocenters. The van der Waals surface area contributed by atoms with Gasteiger partial charge in [-0.25, -0.2) is 0 Å². The van der Waals surface area contributed by atoms with Gasteiger partial charge in [0, 0.05) is 12.8 Å². The summed E-state index contributed by atoms with van der Waals surface area (Å²) in [5, 5.41) is 15.2. The summed E-state index contributed by atoms with van der Waals surface area (Å²) in [6, 6.07) is 0. The van der Waals surface area contributed by atoms with Gasteiger partial charge in [0.05, 0.1) is 18.8 Å². The molecule has 2 N–H and O–H groups in total. The van der Waals surface area contributed by atoms with Gasteiger partial charge in [0.15, 0.2) is 11.6 Å². The maximum atomic E-state index is 11.8. The molecule has 0 aromatic rings. The molecule has 0 aliphatic heterocycles. The van der Waals surface area contributed by atoms with Crippen LogP contribution in [0, 0.1) is 0 Å². The van der Waals surface area contributed by atoms with Crippen molar-refractivity contribution < 1.29 is 19.8 Å². The Balaban J connectivity index is 0. The lowest BCUT2D eigenvalue weighted by Gasteiger charge is -2.04. The monoisotopic (exact) mass is 342 g/mol. The molecule has 24 heavy (non-hydrogen) atoms. The van der Waals surface area contributed by atoms with Gasteiger partial charge in [-0.3, -0.25) is 9.59 Å². The van der Waals surface area contributed by atoms with Gasteiger partial charge in [0.1, 0.15) is 0 Å². The minimum atomic E-state index is -0.125. The van der Waals surface area contributed by atoms with E-state index in [1.165, 1.54) is 38.5 Å². The Morgan fingerprint density at radius 3 is 1.29 bits per heavy atom. The molecule has 0 bridgehead atoms. The third-order valence-corrected chi connectivity index (χ3v) is 3.79. The SMILES string of the molecule is C=C(C(=O)CCCCCCC)C(=O)CCCCCCC.OCCO. The fourth-order valence-electron chi connectivity index (χ4n) is 2.24. The summed E-state index contributed by atoms with van der Waals surface area (Å²) in [5.74, 6) is -0.0832. The average molecular weight is 343 g/mol. The van der Waals surface area contributed by atoms with E-state index in [2.05, 4.69) is 20.4 Å². The third-order valence-electron chi connectivity index (χ3n) is 3.79. The van der Waals surface area contributed by atoms with Crippen molar-refractivity contribution in [3.8, 4) is 0 Å². The van der Waals surface area contributed by atoms with E-state index in [-0.39, 0.29) is 30.4 Å². The van der Waals surface area contributed by atoms with E-state index in [1.54, 1.807) is 0 Å². The molecule has 4 heteroatoms. The number of carbonyl (C=O) groups is 2. The van der Waals surface area contributed by atoms with Crippen LogP contribution in [0.15, 0.2) is 12.2 Å². The molecule has 0 saturated carbocycles. The van der Waals surface area contributed by atoms with Crippen LogP contribution >= 0.6 is 0 Å². The van der Waals surface area contributed by atoms with Crippen LogP contribution in [0.1, 0.15) is 90.9 Å². The maximum absolute atomic E-state index is 11.8. The second-order valence-electron chi connectivity index (χ2n) is 6.10. The first kappa shape index (κ1) is 25.2. The summed E-state index contributed by atoms with van der Waals surface area (Å²) in [6.45, 7) is 7.78. The van der Waals surface area contributed by atoms with E-state index in [0.29, 0.717) is 12.8 Å². The minimum absolute atomic E-state index is 0.0416. The zero-order chi connectivity index (χ0) is 18.6. The number of aliphatic hydroxyl groups excluding tert-OH is 2. The van der Waals surface area contributed by atoms with Gasteiger partial charge in [0.2, 0.25) is 0 Å². The van der Waals surface area contributed by atoms with Gasteiger partial charge in [-0.15, -0.1) is 0 Å². The third kappa shape index (κ3) is 17.4. The van der Waals surface area contributed by atoms with E-state index in [4.69, 9.17) is 10.2 Å². The first-order valence-electron chi connectivity index (χ1n) is 9.52. The van der Waals surface area contributed by atoms with Crippen molar-refractivity contribution in [1.29, 1.82) is 0 Å². The van der Waals surface area contributed by atoms with Gasteiger partial charge in [-0.05, 0) is 12.8 Å². The lowest BCUT2D eigenvalue weighted by molar-refractivity contribution is -0.121. The molecule has 142 valence electrons. The van der Waals surface area contributed by atoms with Crippen LogP contribution in [0.5, 0.6) is 0 Å². The molecule has 0 amide bonds. The zero-order valence-corrected chi connectivity index (χ0v) is 15.8. The Hall–Kier alpha value is -1.00. The van der Waals surface area contributed by atoms with Crippen LogP contribution in [0.2, 0.25) is 0 Å². The molecule has 0 saturated heterocycles. The van der Waals surface area contributed by atoms with Crippen LogP contribution in [-0.2, 0) is 9.59 Å². The Labute approximate surface area is 148 Å². The fraction of sp³-hybridized carbons (Fsp3) is 0.800. The van der Waals surface area contributed by atoms with Crippen molar-refractivity contribution in [1.82, 2.24) is 0 Å². The Kier molecular flexibility index (Phi) is 21.1. The molecular formula is C20H38O4. The van der Waals surface area contributed by atoms with Crippen molar-refractivity contribution in [2.45, 2.75) is 90.9 Å². The van der Waals surface area contributed by atoms with E-state index < -0.39 is 0 Å². The van der Waals surface area contributed by atoms with Gasteiger partial charge in [-0.2, -0.15) is 0 Å². The molecule has 0 radical (unpaired) electrons. The van der Waals surface area contributed by atoms with Crippen molar-refractivity contribution in [3.05, 3.63) is 12.2 Å². The van der Waals surface area contributed by atoms with Crippen molar-refractivity contribution in [2.75, 3.05) is 13.2 Å². The topological polar surface area (TPSA) is 74.6 Å². The quantitative estimate of drug-likeness (QED) is 0.200. The van der Waals surface area contributed by atoms with Crippen LogP contribution < -0.4 is 0 Å². The number of allylic oxidation sites excluding steroid dienone is 1. The summed E-state index contributed by atoms with van der Waals surface area (Å²) in [4.78, 5) is 23.7. The number of aliphatic hydroxyl groups is 2. The number of hydrogen-bond acceptors (Lipinski definition) is 4. The van der Waals surface area contributed by atoms with Crippen molar-refractivity contribution in [3.63, 3.8) is 0 Å². The lowest BCUT2D eigenvalue weighted by atomic mass is 9.98. The van der Waals surface area contributed by atoms with Crippen LogP contribution in [0.4, 0.5) is 0 Å². The molecule has 4 nitrogen and oxygen atoms in total. The summed E-state index contributed by atoms with van der Waals surface area (Å²) >= 11 is 0. The molecule has 0 heterocycles. The Morgan fingerprint density at radius 1 is 0.667 bits per heavy atom. The van der Waals surface area contributed by atoms with E-state index >= 15 is 0 Å². The number of rotatable bonds is 15. The van der Waals surface area contributed by atoms with Crippen LogP contribution in [0.3, 0.4) is 0 Å².